The largest absolute Gasteiger partial charge is 0.496 e. The summed E-state index contributed by atoms with van der Waals surface area (Å²) in [6, 6.07) is 4.42. The summed E-state index contributed by atoms with van der Waals surface area (Å²) in [6.07, 6.45) is -4.32. The average molecular weight is 233 g/mol. The Morgan fingerprint density at radius 2 is 2.00 bits per heavy atom. The fourth-order valence-corrected chi connectivity index (χ4v) is 1.51. The molecule has 0 aliphatic carbocycles. The molecule has 0 aromatic heterocycles. The summed E-state index contributed by atoms with van der Waals surface area (Å²) in [7, 11) is 1.43. The number of hydrogen-bond donors (Lipinski definition) is 1. The van der Waals surface area contributed by atoms with Crippen molar-refractivity contribution in [3.05, 3.63) is 29.3 Å². The van der Waals surface area contributed by atoms with Gasteiger partial charge in [-0.15, -0.1) is 0 Å². The van der Waals surface area contributed by atoms with Crippen molar-refractivity contribution in [1.82, 2.24) is 0 Å². The standard InChI is InChI=1S/C11H14F3NO/c1-7-3-4-8(5-10(7)16-2)9(6-15)11(12,13)14/h3-5,9H,6,15H2,1-2H3. The second-order valence-corrected chi connectivity index (χ2v) is 3.56. The summed E-state index contributed by atoms with van der Waals surface area (Å²) in [5.74, 6) is -1.19. The Kier molecular flexibility index (Phi) is 3.80. The van der Waals surface area contributed by atoms with Crippen LogP contribution in [0, 0.1) is 6.92 Å². The molecule has 1 aromatic carbocycles. The number of rotatable bonds is 3. The first kappa shape index (κ1) is 12.8. The first-order valence-corrected chi connectivity index (χ1v) is 4.81. The fourth-order valence-electron chi connectivity index (χ4n) is 1.51. The van der Waals surface area contributed by atoms with Gasteiger partial charge in [0, 0.05) is 6.54 Å². The van der Waals surface area contributed by atoms with Crippen LogP contribution in [-0.2, 0) is 0 Å². The number of ether oxygens (including phenoxy) is 1. The van der Waals surface area contributed by atoms with E-state index >= 15 is 0 Å². The Balaban J connectivity index is 3.12. The zero-order valence-electron chi connectivity index (χ0n) is 9.14. The smallest absolute Gasteiger partial charge is 0.396 e. The quantitative estimate of drug-likeness (QED) is 0.870. The van der Waals surface area contributed by atoms with E-state index in [9.17, 15) is 13.2 Å². The normalized spacial score (nSPS) is 13.6. The monoisotopic (exact) mass is 233 g/mol. The Bertz CT molecular complexity index is 363. The highest BCUT2D eigenvalue weighted by Crippen LogP contribution is 2.35. The molecule has 0 saturated carbocycles. The molecular formula is C11H14F3NO. The predicted molar refractivity (Wildman–Crippen MR) is 55.6 cm³/mol. The first-order chi connectivity index (χ1) is 7.40. The van der Waals surface area contributed by atoms with E-state index in [1.807, 2.05) is 0 Å². The van der Waals surface area contributed by atoms with E-state index in [1.165, 1.54) is 19.2 Å². The van der Waals surface area contributed by atoms with E-state index in [4.69, 9.17) is 10.5 Å². The van der Waals surface area contributed by atoms with Crippen LogP contribution in [0.2, 0.25) is 0 Å². The number of aryl methyl sites for hydroxylation is 1. The number of halogens is 3. The molecule has 1 aromatic rings. The van der Waals surface area contributed by atoms with Gasteiger partial charge in [0.1, 0.15) is 5.75 Å². The molecule has 0 amide bonds. The predicted octanol–water partition coefficient (Wildman–Crippen LogP) is 2.61. The maximum absolute atomic E-state index is 12.6. The van der Waals surface area contributed by atoms with Gasteiger partial charge < -0.3 is 10.5 Å². The highest BCUT2D eigenvalue weighted by molar-refractivity contribution is 5.38. The van der Waals surface area contributed by atoms with Crippen LogP contribution in [-0.4, -0.2) is 19.8 Å². The van der Waals surface area contributed by atoms with Crippen LogP contribution in [0.5, 0.6) is 5.75 Å². The van der Waals surface area contributed by atoms with E-state index in [0.29, 0.717) is 5.75 Å². The molecular weight excluding hydrogens is 219 g/mol. The zero-order chi connectivity index (χ0) is 12.3. The molecule has 1 unspecified atom stereocenters. The third-order valence-corrected chi connectivity index (χ3v) is 2.47. The second kappa shape index (κ2) is 4.74. The molecule has 1 rings (SSSR count). The molecule has 0 aliphatic rings. The van der Waals surface area contributed by atoms with Crippen LogP contribution in [0.1, 0.15) is 17.0 Å². The zero-order valence-corrected chi connectivity index (χ0v) is 9.14. The molecule has 0 aliphatic heterocycles. The second-order valence-electron chi connectivity index (χ2n) is 3.56. The lowest BCUT2D eigenvalue weighted by Gasteiger charge is -2.19. The van der Waals surface area contributed by atoms with Crippen LogP contribution >= 0.6 is 0 Å². The molecule has 0 heterocycles. The van der Waals surface area contributed by atoms with Gasteiger partial charge in [-0.2, -0.15) is 13.2 Å². The van der Waals surface area contributed by atoms with E-state index in [0.717, 1.165) is 5.56 Å². The van der Waals surface area contributed by atoms with Crippen molar-refractivity contribution in [3.8, 4) is 5.75 Å². The molecule has 5 heteroatoms. The molecule has 16 heavy (non-hydrogen) atoms. The molecule has 90 valence electrons. The van der Waals surface area contributed by atoms with Gasteiger partial charge in [-0.25, -0.2) is 0 Å². The van der Waals surface area contributed by atoms with Gasteiger partial charge in [0.05, 0.1) is 13.0 Å². The van der Waals surface area contributed by atoms with Crippen LogP contribution < -0.4 is 10.5 Å². The highest BCUT2D eigenvalue weighted by atomic mass is 19.4. The summed E-state index contributed by atoms with van der Waals surface area (Å²) in [6.45, 7) is 1.31. The van der Waals surface area contributed by atoms with Gasteiger partial charge >= 0.3 is 6.18 Å². The maximum Gasteiger partial charge on any atom is 0.396 e. The van der Waals surface area contributed by atoms with Gasteiger partial charge in [0.25, 0.3) is 0 Å². The fraction of sp³-hybridized carbons (Fsp3) is 0.455. The highest BCUT2D eigenvalue weighted by Gasteiger charge is 2.39. The lowest BCUT2D eigenvalue weighted by molar-refractivity contribution is -0.148. The van der Waals surface area contributed by atoms with Crippen molar-refractivity contribution in [2.24, 2.45) is 5.73 Å². The number of nitrogens with two attached hydrogens (primary N) is 1. The SMILES string of the molecule is COc1cc(C(CN)C(F)(F)F)ccc1C. The molecule has 0 fully saturated rings. The molecule has 0 saturated heterocycles. The van der Waals surface area contributed by atoms with Gasteiger partial charge in [0.15, 0.2) is 0 Å². The van der Waals surface area contributed by atoms with Crippen LogP contribution in [0.25, 0.3) is 0 Å². The van der Waals surface area contributed by atoms with E-state index < -0.39 is 18.6 Å². The number of methoxy groups -OCH3 is 1. The number of alkyl halides is 3. The molecule has 2 N–H and O–H groups in total. The van der Waals surface area contributed by atoms with Gasteiger partial charge in [0.2, 0.25) is 0 Å². The Hall–Kier alpha value is -1.23. The lowest BCUT2D eigenvalue weighted by atomic mass is 9.97. The third-order valence-electron chi connectivity index (χ3n) is 2.47. The Morgan fingerprint density at radius 1 is 1.38 bits per heavy atom. The van der Waals surface area contributed by atoms with Gasteiger partial charge in [-0.1, -0.05) is 12.1 Å². The Labute approximate surface area is 92.2 Å². The van der Waals surface area contributed by atoms with Gasteiger partial charge in [-0.3, -0.25) is 0 Å². The van der Waals surface area contributed by atoms with Crippen LogP contribution in [0.3, 0.4) is 0 Å². The van der Waals surface area contributed by atoms with E-state index in [1.54, 1.807) is 13.0 Å². The molecule has 0 bridgehead atoms. The number of benzene rings is 1. The topological polar surface area (TPSA) is 35.2 Å². The van der Waals surface area contributed by atoms with Gasteiger partial charge in [-0.05, 0) is 24.1 Å². The van der Waals surface area contributed by atoms with Crippen molar-refractivity contribution in [1.29, 1.82) is 0 Å². The third kappa shape index (κ3) is 2.66. The maximum atomic E-state index is 12.6. The molecule has 0 radical (unpaired) electrons. The first-order valence-electron chi connectivity index (χ1n) is 4.81. The summed E-state index contributed by atoms with van der Waals surface area (Å²) < 4.78 is 42.8. The van der Waals surface area contributed by atoms with Crippen molar-refractivity contribution in [2.75, 3.05) is 13.7 Å². The summed E-state index contributed by atoms with van der Waals surface area (Å²) in [5.41, 5.74) is 6.09. The summed E-state index contributed by atoms with van der Waals surface area (Å²) in [4.78, 5) is 0. The van der Waals surface area contributed by atoms with Crippen molar-refractivity contribution in [2.45, 2.75) is 19.0 Å². The van der Waals surface area contributed by atoms with Crippen molar-refractivity contribution >= 4 is 0 Å². The molecule has 0 spiro atoms. The van der Waals surface area contributed by atoms with Crippen LogP contribution in [0.4, 0.5) is 13.2 Å². The van der Waals surface area contributed by atoms with Crippen molar-refractivity contribution < 1.29 is 17.9 Å². The lowest BCUT2D eigenvalue weighted by Crippen LogP contribution is -2.28. The molecule has 2 nitrogen and oxygen atoms in total. The number of hydrogen-bond acceptors (Lipinski definition) is 2. The van der Waals surface area contributed by atoms with Crippen LogP contribution in [0.15, 0.2) is 18.2 Å². The minimum atomic E-state index is -4.32. The van der Waals surface area contributed by atoms with E-state index in [-0.39, 0.29) is 5.56 Å². The minimum absolute atomic E-state index is 0.137. The van der Waals surface area contributed by atoms with E-state index in [2.05, 4.69) is 0 Å². The summed E-state index contributed by atoms with van der Waals surface area (Å²) in [5, 5.41) is 0. The summed E-state index contributed by atoms with van der Waals surface area (Å²) >= 11 is 0. The molecule has 1 atom stereocenters. The Morgan fingerprint density at radius 3 is 2.44 bits per heavy atom. The van der Waals surface area contributed by atoms with Crippen molar-refractivity contribution in [3.63, 3.8) is 0 Å². The minimum Gasteiger partial charge on any atom is -0.496 e. The average Bonchev–Trinajstić information content (AvgIpc) is 2.19.